The molecule has 2 heterocycles. The Balaban J connectivity index is 1.98. The Hall–Kier alpha value is -2.68. The second-order valence-electron chi connectivity index (χ2n) is 9.65. The van der Waals surface area contributed by atoms with Gasteiger partial charge >= 0.3 is 0 Å². The van der Waals surface area contributed by atoms with Gasteiger partial charge in [-0.1, -0.05) is 57.2 Å². The van der Waals surface area contributed by atoms with E-state index in [1.807, 2.05) is 0 Å². The van der Waals surface area contributed by atoms with Crippen LogP contribution >= 0.6 is 0 Å². The van der Waals surface area contributed by atoms with Crippen molar-refractivity contribution in [3.63, 3.8) is 0 Å². The summed E-state index contributed by atoms with van der Waals surface area (Å²) in [5.41, 5.74) is 14.1. The Kier molecular flexibility index (Phi) is 3.75. The minimum absolute atomic E-state index is 0.0881. The van der Waals surface area contributed by atoms with Crippen molar-refractivity contribution >= 4 is 45.9 Å². The minimum atomic E-state index is 0.0881. The van der Waals surface area contributed by atoms with Gasteiger partial charge in [-0.25, -0.2) is 0 Å². The molecule has 0 saturated heterocycles. The minimum Gasteiger partial charge on any atom is -0.345 e. The molecule has 2 aliphatic rings. The van der Waals surface area contributed by atoms with Crippen LogP contribution in [0.1, 0.15) is 37.5 Å². The van der Waals surface area contributed by atoms with Gasteiger partial charge in [-0.05, 0) is 64.5 Å². The van der Waals surface area contributed by atoms with Crippen LogP contribution in [0.15, 0.2) is 48.5 Å². The molecule has 5 rings (SSSR count). The number of fused-ring (bicyclic) bond motifs is 4. The summed E-state index contributed by atoms with van der Waals surface area (Å²) in [6, 6.07) is 17.9. The number of hydrogen-bond acceptors (Lipinski definition) is 2. The molecule has 2 nitrogen and oxygen atoms in total. The first-order valence-corrected chi connectivity index (χ1v) is 10.6. The first-order valence-electron chi connectivity index (χ1n) is 10.6. The van der Waals surface area contributed by atoms with Crippen LogP contribution in [0.4, 0.5) is 22.7 Å². The third kappa shape index (κ3) is 2.30. The van der Waals surface area contributed by atoms with Gasteiger partial charge in [0.15, 0.2) is 0 Å². The van der Waals surface area contributed by atoms with E-state index in [9.17, 15) is 0 Å². The Labute approximate surface area is 175 Å². The van der Waals surface area contributed by atoms with E-state index in [0.29, 0.717) is 0 Å². The standard InChI is InChI=1S/C26H29BN2/c1-16-22(26(3,4)5)17(2)25-23-24(16)28(6)20-14-10-8-12-18(20)27(23)19-13-9-11-15-21(19)29(25)7/h8-15H,1-7H3. The van der Waals surface area contributed by atoms with Crippen LogP contribution in [0.3, 0.4) is 0 Å². The maximum Gasteiger partial charge on any atom is 0.252 e. The van der Waals surface area contributed by atoms with Crippen molar-refractivity contribution in [2.75, 3.05) is 23.9 Å². The number of rotatable bonds is 0. The Bertz CT molecular complexity index is 1080. The van der Waals surface area contributed by atoms with Crippen LogP contribution in [0.25, 0.3) is 0 Å². The van der Waals surface area contributed by atoms with Crippen LogP contribution in [-0.2, 0) is 5.41 Å². The maximum atomic E-state index is 2.43. The van der Waals surface area contributed by atoms with E-state index in [1.165, 1.54) is 55.8 Å². The molecule has 0 radical (unpaired) electrons. The summed E-state index contributed by atoms with van der Waals surface area (Å²) >= 11 is 0. The Morgan fingerprint density at radius 3 is 1.52 bits per heavy atom. The fourth-order valence-corrected chi connectivity index (χ4v) is 6.09. The lowest BCUT2D eigenvalue weighted by Gasteiger charge is -2.45. The lowest BCUT2D eigenvalue weighted by Crippen LogP contribution is -2.62. The molecule has 146 valence electrons. The summed E-state index contributed by atoms with van der Waals surface area (Å²) in [5, 5.41) is 0. The van der Waals surface area contributed by atoms with Gasteiger partial charge in [0.25, 0.3) is 6.71 Å². The number of benzene rings is 3. The predicted octanol–water partition coefficient (Wildman–Crippen LogP) is 4.28. The second-order valence-corrected chi connectivity index (χ2v) is 9.65. The summed E-state index contributed by atoms with van der Waals surface area (Å²) < 4.78 is 0. The lowest BCUT2D eigenvalue weighted by molar-refractivity contribution is 0.582. The summed E-state index contributed by atoms with van der Waals surface area (Å²) in [5.74, 6) is 0. The third-order valence-electron chi connectivity index (χ3n) is 6.90. The van der Waals surface area contributed by atoms with E-state index in [1.54, 1.807) is 0 Å². The number of anilines is 4. The number of nitrogens with zero attached hydrogens (tertiary/aromatic N) is 2. The molecule has 0 aliphatic carbocycles. The Morgan fingerprint density at radius 1 is 0.690 bits per heavy atom. The fourth-order valence-electron chi connectivity index (χ4n) is 6.09. The molecule has 3 aromatic rings. The van der Waals surface area contributed by atoms with Crippen LogP contribution in [0, 0.1) is 13.8 Å². The van der Waals surface area contributed by atoms with E-state index in [0.717, 1.165) is 0 Å². The maximum absolute atomic E-state index is 2.43. The molecule has 0 unspecified atom stereocenters. The van der Waals surface area contributed by atoms with Gasteiger partial charge in [0.1, 0.15) is 0 Å². The van der Waals surface area contributed by atoms with E-state index < -0.39 is 0 Å². The molecular formula is C26H29BN2. The van der Waals surface area contributed by atoms with E-state index in [-0.39, 0.29) is 12.1 Å². The molecule has 0 bridgehead atoms. The van der Waals surface area contributed by atoms with Crippen molar-refractivity contribution in [3.8, 4) is 0 Å². The summed E-state index contributed by atoms with van der Waals surface area (Å²) in [6.45, 7) is 12.0. The van der Waals surface area contributed by atoms with Crippen molar-refractivity contribution in [1.29, 1.82) is 0 Å². The van der Waals surface area contributed by atoms with Crippen LogP contribution in [0.2, 0.25) is 0 Å². The highest BCUT2D eigenvalue weighted by Gasteiger charge is 2.43. The largest absolute Gasteiger partial charge is 0.345 e. The normalized spacial score (nSPS) is 14.5. The number of para-hydroxylation sites is 2. The highest BCUT2D eigenvalue weighted by atomic mass is 15.2. The molecule has 0 N–H and O–H groups in total. The van der Waals surface area contributed by atoms with Crippen molar-refractivity contribution in [2.45, 2.75) is 40.0 Å². The monoisotopic (exact) mass is 380 g/mol. The summed E-state index contributed by atoms with van der Waals surface area (Å²) in [6.07, 6.45) is 0. The zero-order valence-electron chi connectivity index (χ0n) is 18.6. The highest BCUT2D eigenvalue weighted by Crippen LogP contribution is 2.44. The van der Waals surface area contributed by atoms with Crippen molar-refractivity contribution in [3.05, 3.63) is 65.2 Å². The molecule has 3 aromatic carbocycles. The molecule has 0 spiro atoms. The smallest absolute Gasteiger partial charge is 0.252 e. The summed E-state index contributed by atoms with van der Waals surface area (Å²) in [4.78, 5) is 4.85. The lowest BCUT2D eigenvalue weighted by atomic mass is 9.33. The third-order valence-corrected chi connectivity index (χ3v) is 6.90. The first kappa shape index (κ1) is 18.4. The van der Waals surface area contributed by atoms with Gasteiger partial charge in [0.2, 0.25) is 0 Å². The topological polar surface area (TPSA) is 6.48 Å². The quantitative estimate of drug-likeness (QED) is 0.537. The van der Waals surface area contributed by atoms with Crippen LogP contribution in [-0.4, -0.2) is 20.8 Å². The average Bonchev–Trinajstić information content (AvgIpc) is 2.67. The van der Waals surface area contributed by atoms with E-state index in [2.05, 4.69) is 107 Å². The van der Waals surface area contributed by atoms with Crippen LogP contribution in [0.5, 0.6) is 0 Å². The van der Waals surface area contributed by atoms with Gasteiger partial charge in [-0.15, -0.1) is 0 Å². The van der Waals surface area contributed by atoms with Gasteiger partial charge < -0.3 is 9.80 Å². The molecule has 0 amide bonds. The van der Waals surface area contributed by atoms with Crippen LogP contribution < -0.4 is 26.2 Å². The molecule has 0 fully saturated rings. The Morgan fingerprint density at radius 2 is 1.10 bits per heavy atom. The fraction of sp³-hybridized carbons (Fsp3) is 0.308. The number of hydrogen-bond donors (Lipinski definition) is 0. The van der Waals surface area contributed by atoms with Crippen molar-refractivity contribution < 1.29 is 0 Å². The molecule has 0 saturated carbocycles. The molecule has 0 aromatic heterocycles. The average molecular weight is 380 g/mol. The van der Waals surface area contributed by atoms with E-state index >= 15 is 0 Å². The molecule has 0 atom stereocenters. The molecular weight excluding hydrogens is 351 g/mol. The van der Waals surface area contributed by atoms with Gasteiger partial charge in [-0.3, -0.25) is 0 Å². The highest BCUT2D eigenvalue weighted by molar-refractivity contribution is 7.00. The summed E-state index contributed by atoms with van der Waals surface area (Å²) in [7, 11) is 4.47. The zero-order valence-corrected chi connectivity index (χ0v) is 18.6. The molecule has 29 heavy (non-hydrogen) atoms. The van der Waals surface area contributed by atoms with Gasteiger partial charge in [0.05, 0.1) is 0 Å². The van der Waals surface area contributed by atoms with Crippen molar-refractivity contribution in [2.24, 2.45) is 0 Å². The molecule has 3 heteroatoms. The predicted molar refractivity (Wildman–Crippen MR) is 128 cm³/mol. The van der Waals surface area contributed by atoms with Gasteiger partial charge in [-0.2, -0.15) is 0 Å². The van der Waals surface area contributed by atoms with Gasteiger partial charge in [0, 0.05) is 36.8 Å². The van der Waals surface area contributed by atoms with Crippen molar-refractivity contribution in [1.82, 2.24) is 0 Å². The van der Waals surface area contributed by atoms with E-state index in [4.69, 9.17) is 0 Å². The SMILES string of the molecule is Cc1c2c3c(c(C)c1C(C)(C)C)N(C)c1ccccc1B3c1ccccc1N2C. The molecule has 2 aliphatic heterocycles. The second kappa shape index (κ2) is 5.92. The zero-order chi connectivity index (χ0) is 20.7. The first-order chi connectivity index (χ1) is 13.7.